The topological polar surface area (TPSA) is 71.5 Å². The number of hydrogen-bond acceptors (Lipinski definition) is 4. The van der Waals surface area contributed by atoms with Crippen LogP contribution in [0.25, 0.3) is 10.9 Å². The highest BCUT2D eigenvalue weighted by molar-refractivity contribution is 6.04. The number of carboxylic acid groups (broad SMARTS) is 1. The summed E-state index contributed by atoms with van der Waals surface area (Å²) in [6.07, 6.45) is 0.979. The molecule has 2 aromatic rings. The molecule has 0 aliphatic carbocycles. The van der Waals surface area contributed by atoms with Crippen LogP contribution in [0.1, 0.15) is 28.4 Å². The first-order valence-electron chi connectivity index (χ1n) is 6.62. The van der Waals surface area contributed by atoms with Gasteiger partial charge < -0.3 is 15.2 Å². The number of carboxylic acids is 1. The van der Waals surface area contributed by atoms with Gasteiger partial charge in [-0.3, -0.25) is 0 Å². The molecule has 3 rings (SSSR count). The Balaban J connectivity index is 2.25. The molecule has 1 unspecified atom stereocenters. The fourth-order valence-corrected chi connectivity index (χ4v) is 2.70. The van der Waals surface area contributed by atoms with Crippen LogP contribution in [0.4, 0.5) is 0 Å². The average Bonchev–Trinajstić information content (AvgIpc) is 2.99. The number of nitrogens with zero attached hydrogens (tertiary/aromatic N) is 1. The third-order valence-electron chi connectivity index (χ3n) is 3.75. The molecule has 1 aromatic carbocycles. The predicted octanol–water partition coefficient (Wildman–Crippen LogP) is 2.02. The first kappa shape index (κ1) is 12.9. The molecular weight excluding hydrogens is 256 g/mol. The lowest BCUT2D eigenvalue weighted by Crippen LogP contribution is -2.10. The van der Waals surface area contributed by atoms with E-state index < -0.39 is 5.97 Å². The van der Waals surface area contributed by atoms with E-state index in [9.17, 15) is 9.90 Å². The lowest BCUT2D eigenvalue weighted by molar-refractivity contribution is 0.0699. The van der Waals surface area contributed by atoms with Gasteiger partial charge in [0.1, 0.15) is 11.3 Å². The molecule has 1 aliphatic heterocycles. The molecule has 104 valence electrons. The molecule has 5 nitrogen and oxygen atoms in total. The first-order chi connectivity index (χ1) is 9.70. The summed E-state index contributed by atoms with van der Waals surface area (Å²) < 4.78 is 5.31. The number of aromatic nitrogens is 1. The van der Waals surface area contributed by atoms with Crippen molar-refractivity contribution >= 4 is 16.9 Å². The number of benzene rings is 1. The molecule has 0 amide bonds. The van der Waals surface area contributed by atoms with Crippen LogP contribution in [-0.2, 0) is 0 Å². The van der Waals surface area contributed by atoms with Gasteiger partial charge in [0.15, 0.2) is 0 Å². The van der Waals surface area contributed by atoms with Crippen LogP contribution in [-0.4, -0.2) is 36.3 Å². The number of hydrogen-bond donors (Lipinski definition) is 2. The zero-order valence-electron chi connectivity index (χ0n) is 11.2. The third kappa shape index (κ3) is 2.10. The van der Waals surface area contributed by atoms with Crippen LogP contribution < -0.4 is 10.1 Å². The number of aromatic carboxylic acids is 1. The highest BCUT2D eigenvalue weighted by Crippen LogP contribution is 2.30. The Bertz CT molecular complexity index is 663. The van der Waals surface area contributed by atoms with Crippen LogP contribution in [0.15, 0.2) is 24.3 Å². The maximum atomic E-state index is 11.5. The zero-order valence-corrected chi connectivity index (χ0v) is 11.2. The van der Waals surface area contributed by atoms with Crippen LogP contribution in [0.2, 0.25) is 0 Å². The standard InChI is InChI=1S/C15H16N2O3/c1-20-13-4-2-3-10-11(15(18)19)7-12(17-14(10)13)9-5-6-16-8-9/h2-4,7,9,16H,5-6,8H2,1H3,(H,18,19). The number of carbonyl (C=O) groups is 1. The first-order valence-corrected chi connectivity index (χ1v) is 6.62. The fourth-order valence-electron chi connectivity index (χ4n) is 2.70. The van der Waals surface area contributed by atoms with Gasteiger partial charge in [0.05, 0.1) is 12.7 Å². The van der Waals surface area contributed by atoms with Crippen molar-refractivity contribution in [2.24, 2.45) is 0 Å². The summed E-state index contributed by atoms with van der Waals surface area (Å²) >= 11 is 0. The Morgan fingerprint density at radius 3 is 3.00 bits per heavy atom. The molecule has 0 spiro atoms. The van der Waals surface area contributed by atoms with Crippen LogP contribution in [0.3, 0.4) is 0 Å². The number of rotatable bonds is 3. The minimum Gasteiger partial charge on any atom is -0.494 e. The van der Waals surface area contributed by atoms with E-state index in [0.29, 0.717) is 16.7 Å². The fraction of sp³-hybridized carbons (Fsp3) is 0.333. The highest BCUT2D eigenvalue weighted by Gasteiger charge is 2.22. The average molecular weight is 272 g/mol. The summed E-state index contributed by atoms with van der Waals surface area (Å²) in [6.45, 7) is 1.78. The lowest BCUT2D eigenvalue weighted by atomic mass is 9.99. The van der Waals surface area contributed by atoms with Gasteiger partial charge in [-0.15, -0.1) is 0 Å². The molecule has 5 heteroatoms. The summed E-state index contributed by atoms with van der Waals surface area (Å²) in [5.41, 5.74) is 1.73. The van der Waals surface area contributed by atoms with E-state index in [1.54, 1.807) is 31.4 Å². The molecule has 20 heavy (non-hydrogen) atoms. The van der Waals surface area contributed by atoms with Crippen LogP contribution in [0.5, 0.6) is 5.75 Å². The molecule has 2 heterocycles. The van der Waals surface area contributed by atoms with E-state index in [0.717, 1.165) is 25.2 Å². The van der Waals surface area contributed by atoms with Gasteiger partial charge >= 0.3 is 5.97 Å². The summed E-state index contributed by atoms with van der Waals surface area (Å²) in [5, 5.41) is 13.3. The minimum atomic E-state index is -0.933. The van der Waals surface area contributed by atoms with Gasteiger partial charge in [-0.25, -0.2) is 9.78 Å². The Morgan fingerprint density at radius 1 is 1.50 bits per heavy atom. The largest absolute Gasteiger partial charge is 0.494 e. The molecule has 0 bridgehead atoms. The van der Waals surface area contributed by atoms with Crippen molar-refractivity contribution in [3.8, 4) is 5.75 Å². The second-order valence-electron chi connectivity index (χ2n) is 4.95. The second-order valence-corrected chi connectivity index (χ2v) is 4.95. The Hall–Kier alpha value is -2.14. The van der Waals surface area contributed by atoms with Crippen molar-refractivity contribution in [2.75, 3.05) is 20.2 Å². The monoisotopic (exact) mass is 272 g/mol. The second kappa shape index (κ2) is 5.09. The molecule has 1 fully saturated rings. The number of nitrogens with one attached hydrogen (secondary N) is 1. The number of para-hydroxylation sites is 1. The van der Waals surface area contributed by atoms with Crippen molar-refractivity contribution in [1.82, 2.24) is 10.3 Å². The van der Waals surface area contributed by atoms with Crippen molar-refractivity contribution in [3.63, 3.8) is 0 Å². The van der Waals surface area contributed by atoms with E-state index in [1.807, 2.05) is 0 Å². The van der Waals surface area contributed by atoms with E-state index in [4.69, 9.17) is 4.74 Å². The predicted molar refractivity (Wildman–Crippen MR) is 75.5 cm³/mol. The van der Waals surface area contributed by atoms with Crippen molar-refractivity contribution < 1.29 is 14.6 Å². The Kier molecular flexibility index (Phi) is 3.28. The van der Waals surface area contributed by atoms with E-state index in [-0.39, 0.29) is 11.5 Å². The van der Waals surface area contributed by atoms with Gasteiger partial charge in [-0.2, -0.15) is 0 Å². The maximum absolute atomic E-state index is 11.5. The summed E-state index contributed by atoms with van der Waals surface area (Å²) in [5.74, 6) is -0.0573. The lowest BCUT2D eigenvalue weighted by Gasteiger charge is -2.13. The van der Waals surface area contributed by atoms with E-state index in [2.05, 4.69) is 10.3 Å². The SMILES string of the molecule is COc1cccc2c(C(=O)O)cc(C3CCNC3)nc12. The van der Waals surface area contributed by atoms with Crippen molar-refractivity contribution in [3.05, 3.63) is 35.5 Å². The smallest absolute Gasteiger partial charge is 0.336 e. The van der Waals surface area contributed by atoms with Crippen LogP contribution in [0, 0.1) is 0 Å². The highest BCUT2D eigenvalue weighted by atomic mass is 16.5. The molecular formula is C15H16N2O3. The Labute approximate surface area is 116 Å². The van der Waals surface area contributed by atoms with Gasteiger partial charge in [0, 0.05) is 23.5 Å². The van der Waals surface area contributed by atoms with Gasteiger partial charge in [-0.1, -0.05) is 12.1 Å². The molecule has 1 saturated heterocycles. The van der Waals surface area contributed by atoms with E-state index >= 15 is 0 Å². The van der Waals surface area contributed by atoms with Gasteiger partial charge in [0.25, 0.3) is 0 Å². The molecule has 1 aliphatic rings. The van der Waals surface area contributed by atoms with Crippen molar-refractivity contribution in [2.45, 2.75) is 12.3 Å². The molecule has 1 atom stereocenters. The van der Waals surface area contributed by atoms with Gasteiger partial charge in [-0.05, 0) is 25.1 Å². The third-order valence-corrected chi connectivity index (χ3v) is 3.75. The Morgan fingerprint density at radius 2 is 2.35 bits per heavy atom. The van der Waals surface area contributed by atoms with Crippen LogP contribution >= 0.6 is 0 Å². The number of pyridine rings is 1. The van der Waals surface area contributed by atoms with Crippen molar-refractivity contribution in [1.29, 1.82) is 0 Å². The van der Waals surface area contributed by atoms with Gasteiger partial charge in [0.2, 0.25) is 0 Å². The molecule has 2 N–H and O–H groups in total. The molecule has 1 aromatic heterocycles. The number of ether oxygens (including phenoxy) is 1. The normalized spacial score (nSPS) is 18.4. The molecule has 0 saturated carbocycles. The summed E-state index contributed by atoms with van der Waals surface area (Å²) in [4.78, 5) is 16.1. The quantitative estimate of drug-likeness (QED) is 0.894. The minimum absolute atomic E-state index is 0.266. The van der Waals surface area contributed by atoms with E-state index in [1.165, 1.54) is 0 Å². The summed E-state index contributed by atoms with van der Waals surface area (Å²) in [7, 11) is 1.57. The number of methoxy groups -OCH3 is 1. The molecule has 0 radical (unpaired) electrons. The maximum Gasteiger partial charge on any atom is 0.336 e. The summed E-state index contributed by atoms with van der Waals surface area (Å²) in [6, 6.07) is 7.05. The zero-order chi connectivity index (χ0) is 14.1. The number of fused-ring (bicyclic) bond motifs is 1.